The molecule has 114 valence electrons. The molecule has 3 rings (SSSR count). The molecule has 3 heterocycles. The highest BCUT2D eigenvalue weighted by Gasteiger charge is 2.26. The summed E-state index contributed by atoms with van der Waals surface area (Å²) in [6.45, 7) is 4.36. The fraction of sp³-hybridized carbons (Fsp3) is 0.333. The molecule has 0 saturated carbocycles. The summed E-state index contributed by atoms with van der Waals surface area (Å²) in [6, 6.07) is 1.89. The van der Waals surface area contributed by atoms with Crippen molar-refractivity contribution in [2.24, 2.45) is 11.5 Å². The molecule has 0 aliphatic heterocycles. The van der Waals surface area contributed by atoms with Crippen LogP contribution in [-0.2, 0) is 5.54 Å². The molecule has 3 aromatic heterocycles. The number of H-pyrrole nitrogens is 1. The molecule has 0 aliphatic carbocycles. The largest absolute Gasteiger partial charge is 0.330 e. The van der Waals surface area contributed by atoms with Gasteiger partial charge < -0.3 is 11.5 Å². The SMILES string of the molecule is Cc1[nH]ncc1-c1nc(C(C)(N)CCN)c2ccncc2n1. The Balaban J connectivity index is 2.28. The summed E-state index contributed by atoms with van der Waals surface area (Å²) in [7, 11) is 0. The van der Waals surface area contributed by atoms with Crippen LogP contribution in [0.4, 0.5) is 0 Å². The monoisotopic (exact) mass is 297 g/mol. The number of aromatic amines is 1. The smallest absolute Gasteiger partial charge is 0.163 e. The van der Waals surface area contributed by atoms with Gasteiger partial charge >= 0.3 is 0 Å². The van der Waals surface area contributed by atoms with Gasteiger partial charge in [-0.3, -0.25) is 10.1 Å². The molecular formula is C15H19N7. The minimum absolute atomic E-state index is 0.490. The molecule has 3 aromatic rings. The maximum absolute atomic E-state index is 6.46. The van der Waals surface area contributed by atoms with Crippen molar-refractivity contribution in [1.29, 1.82) is 0 Å². The van der Waals surface area contributed by atoms with Crippen molar-refractivity contribution in [1.82, 2.24) is 25.1 Å². The second kappa shape index (κ2) is 5.43. The number of aromatic nitrogens is 5. The van der Waals surface area contributed by atoms with Crippen LogP contribution in [0, 0.1) is 6.92 Å². The Kier molecular flexibility index (Phi) is 3.59. The molecule has 0 bridgehead atoms. The number of nitrogens with two attached hydrogens (primary N) is 2. The third kappa shape index (κ3) is 2.44. The number of rotatable bonds is 4. The summed E-state index contributed by atoms with van der Waals surface area (Å²) >= 11 is 0. The lowest BCUT2D eigenvalue weighted by molar-refractivity contribution is 0.450. The molecule has 7 nitrogen and oxygen atoms in total. The fourth-order valence-corrected chi connectivity index (χ4v) is 2.53. The van der Waals surface area contributed by atoms with Crippen molar-refractivity contribution in [2.45, 2.75) is 25.8 Å². The van der Waals surface area contributed by atoms with Crippen molar-refractivity contribution >= 4 is 10.9 Å². The lowest BCUT2D eigenvalue weighted by atomic mass is 9.92. The molecular weight excluding hydrogens is 278 g/mol. The summed E-state index contributed by atoms with van der Waals surface area (Å²) in [5, 5.41) is 7.84. The summed E-state index contributed by atoms with van der Waals surface area (Å²) in [5.41, 5.74) is 14.8. The van der Waals surface area contributed by atoms with E-state index in [1.54, 1.807) is 18.6 Å². The van der Waals surface area contributed by atoms with E-state index < -0.39 is 5.54 Å². The topological polar surface area (TPSA) is 119 Å². The minimum Gasteiger partial charge on any atom is -0.330 e. The highest BCUT2D eigenvalue weighted by molar-refractivity contribution is 5.82. The Morgan fingerprint density at radius 3 is 2.77 bits per heavy atom. The first-order valence-electron chi connectivity index (χ1n) is 7.14. The maximum Gasteiger partial charge on any atom is 0.163 e. The van der Waals surface area contributed by atoms with Crippen LogP contribution >= 0.6 is 0 Å². The van der Waals surface area contributed by atoms with E-state index in [-0.39, 0.29) is 0 Å². The van der Waals surface area contributed by atoms with Gasteiger partial charge in [0.2, 0.25) is 0 Å². The molecule has 0 saturated heterocycles. The summed E-state index contributed by atoms with van der Waals surface area (Å²) in [4.78, 5) is 13.5. The van der Waals surface area contributed by atoms with Gasteiger partial charge in [-0.1, -0.05) is 0 Å². The van der Waals surface area contributed by atoms with Crippen LogP contribution in [0.15, 0.2) is 24.7 Å². The Morgan fingerprint density at radius 2 is 2.09 bits per heavy atom. The van der Waals surface area contributed by atoms with Crippen LogP contribution in [0.1, 0.15) is 24.7 Å². The van der Waals surface area contributed by atoms with Crippen LogP contribution in [0.2, 0.25) is 0 Å². The van der Waals surface area contributed by atoms with Crippen molar-refractivity contribution in [3.05, 3.63) is 36.0 Å². The van der Waals surface area contributed by atoms with Crippen LogP contribution in [0.3, 0.4) is 0 Å². The van der Waals surface area contributed by atoms with E-state index in [2.05, 4.69) is 20.2 Å². The zero-order valence-electron chi connectivity index (χ0n) is 12.7. The number of fused-ring (bicyclic) bond motifs is 1. The van der Waals surface area contributed by atoms with Gasteiger partial charge in [0.25, 0.3) is 0 Å². The van der Waals surface area contributed by atoms with Crippen molar-refractivity contribution in [3.63, 3.8) is 0 Å². The second-order valence-electron chi connectivity index (χ2n) is 5.65. The molecule has 5 N–H and O–H groups in total. The second-order valence-corrected chi connectivity index (χ2v) is 5.65. The van der Waals surface area contributed by atoms with E-state index in [4.69, 9.17) is 16.5 Å². The van der Waals surface area contributed by atoms with Crippen molar-refractivity contribution in [2.75, 3.05) is 6.54 Å². The average molecular weight is 297 g/mol. The third-order valence-electron chi connectivity index (χ3n) is 3.77. The van der Waals surface area contributed by atoms with Gasteiger partial charge in [-0.15, -0.1) is 0 Å². The number of pyridine rings is 1. The van der Waals surface area contributed by atoms with Crippen LogP contribution < -0.4 is 11.5 Å². The standard InChI is InChI=1S/C15H19N7/c1-9-11(7-19-22-9)14-20-12-8-18-6-3-10(12)13(21-14)15(2,17)4-5-16/h3,6-8H,4-5,16-17H2,1-2H3,(H,19,22). The molecule has 22 heavy (non-hydrogen) atoms. The Morgan fingerprint density at radius 1 is 1.27 bits per heavy atom. The molecule has 1 atom stereocenters. The Bertz CT molecular complexity index is 807. The zero-order valence-corrected chi connectivity index (χ0v) is 12.7. The summed E-state index contributed by atoms with van der Waals surface area (Å²) in [5.74, 6) is 0.593. The van der Waals surface area contributed by atoms with Crippen LogP contribution in [0.25, 0.3) is 22.3 Å². The predicted molar refractivity (Wildman–Crippen MR) is 84.9 cm³/mol. The average Bonchev–Trinajstić information content (AvgIpc) is 2.92. The fourth-order valence-electron chi connectivity index (χ4n) is 2.53. The molecule has 0 radical (unpaired) electrons. The van der Waals surface area contributed by atoms with Gasteiger partial charge in [-0.05, 0) is 32.9 Å². The zero-order chi connectivity index (χ0) is 15.7. The third-order valence-corrected chi connectivity index (χ3v) is 3.77. The van der Waals surface area contributed by atoms with Crippen LogP contribution in [-0.4, -0.2) is 31.7 Å². The first-order valence-corrected chi connectivity index (χ1v) is 7.14. The van der Waals surface area contributed by atoms with Crippen molar-refractivity contribution < 1.29 is 0 Å². The van der Waals surface area contributed by atoms with Gasteiger partial charge in [-0.25, -0.2) is 9.97 Å². The summed E-state index contributed by atoms with van der Waals surface area (Å²) in [6.07, 6.45) is 5.78. The van der Waals surface area contributed by atoms with Gasteiger partial charge in [-0.2, -0.15) is 5.10 Å². The lowest BCUT2D eigenvalue weighted by Gasteiger charge is -2.25. The predicted octanol–water partition coefficient (Wildman–Crippen LogP) is 1.25. The lowest BCUT2D eigenvalue weighted by Crippen LogP contribution is -2.36. The van der Waals surface area contributed by atoms with E-state index in [0.717, 1.165) is 27.9 Å². The Hall–Kier alpha value is -2.38. The van der Waals surface area contributed by atoms with Gasteiger partial charge in [0.1, 0.15) is 0 Å². The van der Waals surface area contributed by atoms with Gasteiger partial charge in [0.05, 0.1) is 34.7 Å². The molecule has 7 heteroatoms. The van der Waals surface area contributed by atoms with E-state index in [1.165, 1.54) is 0 Å². The van der Waals surface area contributed by atoms with Crippen LogP contribution in [0.5, 0.6) is 0 Å². The molecule has 0 amide bonds. The maximum atomic E-state index is 6.46. The van der Waals surface area contributed by atoms with E-state index in [0.29, 0.717) is 18.8 Å². The number of hydrogen-bond donors (Lipinski definition) is 3. The van der Waals surface area contributed by atoms with E-state index >= 15 is 0 Å². The normalized spacial score (nSPS) is 14.2. The van der Waals surface area contributed by atoms with Gasteiger partial charge in [0.15, 0.2) is 5.82 Å². The van der Waals surface area contributed by atoms with Crippen molar-refractivity contribution in [3.8, 4) is 11.4 Å². The molecule has 1 unspecified atom stereocenters. The highest BCUT2D eigenvalue weighted by atomic mass is 15.1. The molecule has 0 spiro atoms. The number of nitrogens with one attached hydrogen (secondary N) is 1. The molecule has 0 aliphatic rings. The minimum atomic E-state index is -0.635. The van der Waals surface area contributed by atoms with Gasteiger partial charge in [0, 0.05) is 17.3 Å². The number of hydrogen-bond acceptors (Lipinski definition) is 6. The summed E-state index contributed by atoms with van der Waals surface area (Å²) < 4.78 is 0. The first-order chi connectivity index (χ1) is 10.5. The van der Waals surface area contributed by atoms with E-state index in [9.17, 15) is 0 Å². The Labute approximate surface area is 128 Å². The first kappa shape index (κ1) is 14.6. The molecule has 0 aromatic carbocycles. The highest BCUT2D eigenvalue weighted by Crippen LogP contribution is 2.29. The molecule has 0 fully saturated rings. The quantitative estimate of drug-likeness (QED) is 0.666. The number of aryl methyl sites for hydroxylation is 1. The number of nitrogens with zero attached hydrogens (tertiary/aromatic N) is 4. The van der Waals surface area contributed by atoms with E-state index in [1.807, 2.05) is 19.9 Å².